The molecular formula is C10H8Br2OS. The Morgan fingerprint density at radius 3 is 2.79 bits per heavy atom. The van der Waals surface area contributed by atoms with Crippen LogP contribution in [0.4, 0.5) is 0 Å². The summed E-state index contributed by atoms with van der Waals surface area (Å²) in [5, 5.41) is 11.1. The number of fused-ring (bicyclic) bond motifs is 1. The van der Waals surface area contributed by atoms with Crippen molar-refractivity contribution in [1.29, 1.82) is 0 Å². The van der Waals surface area contributed by atoms with E-state index in [4.69, 9.17) is 5.11 Å². The molecule has 4 heteroatoms. The maximum atomic E-state index is 9.06. The van der Waals surface area contributed by atoms with Crippen LogP contribution in [0.25, 0.3) is 10.1 Å². The highest BCUT2D eigenvalue weighted by molar-refractivity contribution is 9.10. The average Bonchev–Trinajstić information content (AvgIpc) is 2.60. The van der Waals surface area contributed by atoms with Gasteiger partial charge in [-0.05, 0) is 23.1 Å². The molecule has 0 bridgehead atoms. The number of alkyl halides is 1. The van der Waals surface area contributed by atoms with Crippen molar-refractivity contribution in [2.75, 3.05) is 0 Å². The van der Waals surface area contributed by atoms with Crippen LogP contribution >= 0.6 is 43.2 Å². The quantitative estimate of drug-likeness (QED) is 0.821. The van der Waals surface area contributed by atoms with E-state index >= 15 is 0 Å². The molecule has 0 spiro atoms. The van der Waals surface area contributed by atoms with E-state index in [2.05, 4.69) is 37.9 Å². The van der Waals surface area contributed by atoms with Crippen molar-refractivity contribution < 1.29 is 5.11 Å². The van der Waals surface area contributed by atoms with Crippen LogP contribution in [-0.4, -0.2) is 5.11 Å². The molecule has 1 nitrogen and oxygen atoms in total. The summed E-state index contributed by atoms with van der Waals surface area (Å²) in [6.45, 7) is 0.124. The van der Waals surface area contributed by atoms with Gasteiger partial charge in [0.1, 0.15) is 0 Å². The van der Waals surface area contributed by atoms with Gasteiger partial charge in [0.2, 0.25) is 0 Å². The molecule has 0 saturated heterocycles. The molecule has 1 aromatic carbocycles. The van der Waals surface area contributed by atoms with Gasteiger partial charge in [-0.15, -0.1) is 11.3 Å². The summed E-state index contributed by atoms with van der Waals surface area (Å²) >= 11 is 8.65. The molecule has 0 aliphatic heterocycles. The SMILES string of the molecule is OCc1cc2ccc(Br)c(CBr)c2s1. The molecule has 0 fully saturated rings. The van der Waals surface area contributed by atoms with E-state index < -0.39 is 0 Å². The van der Waals surface area contributed by atoms with Crippen LogP contribution in [0, 0.1) is 0 Å². The summed E-state index contributed by atoms with van der Waals surface area (Å²) in [7, 11) is 0. The molecule has 1 aromatic heterocycles. The van der Waals surface area contributed by atoms with E-state index in [-0.39, 0.29) is 6.61 Å². The molecule has 0 amide bonds. The van der Waals surface area contributed by atoms with Crippen molar-refractivity contribution in [3.8, 4) is 0 Å². The van der Waals surface area contributed by atoms with Crippen LogP contribution in [0.2, 0.25) is 0 Å². The average molecular weight is 336 g/mol. The van der Waals surface area contributed by atoms with Gasteiger partial charge in [0.25, 0.3) is 0 Å². The van der Waals surface area contributed by atoms with Gasteiger partial charge in [0, 0.05) is 19.4 Å². The maximum Gasteiger partial charge on any atom is 0.0774 e. The molecular weight excluding hydrogens is 328 g/mol. The number of aliphatic hydroxyl groups excluding tert-OH is 1. The Morgan fingerprint density at radius 2 is 2.14 bits per heavy atom. The van der Waals surface area contributed by atoms with Crippen molar-refractivity contribution >= 4 is 53.3 Å². The second-order valence-corrected chi connectivity index (χ2v) is 5.50. The number of hydrogen-bond acceptors (Lipinski definition) is 2. The second-order valence-electron chi connectivity index (χ2n) is 2.95. The van der Waals surface area contributed by atoms with Crippen LogP contribution in [0.3, 0.4) is 0 Å². The van der Waals surface area contributed by atoms with Crippen LogP contribution in [0.5, 0.6) is 0 Å². The first-order valence-corrected chi connectivity index (χ1v) is 6.86. The first kappa shape index (κ1) is 10.6. The monoisotopic (exact) mass is 334 g/mol. The standard InChI is InChI=1S/C10H8Br2OS/c11-4-8-9(12)2-1-6-3-7(5-13)14-10(6)8/h1-3,13H,4-5H2. The van der Waals surface area contributed by atoms with Crippen molar-refractivity contribution in [3.05, 3.63) is 33.1 Å². The van der Waals surface area contributed by atoms with Gasteiger partial charge in [-0.3, -0.25) is 0 Å². The predicted octanol–water partition coefficient (Wildman–Crippen LogP) is 4.05. The highest BCUT2D eigenvalue weighted by atomic mass is 79.9. The normalized spacial score (nSPS) is 11.1. The molecule has 0 aliphatic carbocycles. The summed E-state index contributed by atoms with van der Waals surface area (Å²) in [5.41, 5.74) is 1.26. The predicted molar refractivity (Wildman–Crippen MR) is 68.1 cm³/mol. The Balaban J connectivity index is 2.73. The number of benzene rings is 1. The van der Waals surface area contributed by atoms with Crippen molar-refractivity contribution in [3.63, 3.8) is 0 Å². The number of thiophene rings is 1. The minimum atomic E-state index is 0.124. The molecule has 1 N–H and O–H groups in total. The second kappa shape index (κ2) is 4.31. The molecule has 74 valence electrons. The summed E-state index contributed by atoms with van der Waals surface area (Å²) < 4.78 is 2.37. The Kier molecular flexibility index (Phi) is 3.27. The zero-order valence-electron chi connectivity index (χ0n) is 7.26. The minimum Gasteiger partial charge on any atom is -0.391 e. The largest absolute Gasteiger partial charge is 0.391 e. The lowest BCUT2D eigenvalue weighted by Gasteiger charge is -2.00. The Labute approximate surface area is 103 Å². The lowest BCUT2D eigenvalue weighted by atomic mass is 10.2. The lowest BCUT2D eigenvalue weighted by molar-refractivity contribution is 0.285. The third-order valence-corrected chi connectivity index (χ3v) is 4.57. The van der Waals surface area contributed by atoms with Crippen molar-refractivity contribution in [2.24, 2.45) is 0 Å². The molecule has 0 atom stereocenters. The molecule has 0 saturated carbocycles. The lowest BCUT2D eigenvalue weighted by Crippen LogP contribution is -1.79. The van der Waals surface area contributed by atoms with E-state index in [1.165, 1.54) is 15.6 Å². The van der Waals surface area contributed by atoms with Crippen LogP contribution in [-0.2, 0) is 11.9 Å². The third kappa shape index (κ3) is 1.76. The van der Waals surface area contributed by atoms with E-state index in [0.717, 1.165) is 14.7 Å². The number of aliphatic hydroxyl groups is 1. The molecule has 0 radical (unpaired) electrons. The van der Waals surface area contributed by atoms with Gasteiger partial charge in [0.05, 0.1) is 6.61 Å². The van der Waals surface area contributed by atoms with Gasteiger partial charge in [-0.1, -0.05) is 37.9 Å². The first-order valence-electron chi connectivity index (χ1n) is 4.13. The van der Waals surface area contributed by atoms with Crippen LogP contribution in [0.1, 0.15) is 10.4 Å². The van der Waals surface area contributed by atoms with Crippen LogP contribution < -0.4 is 0 Å². The Bertz CT molecular complexity index is 464. The number of rotatable bonds is 2. The molecule has 2 aromatic rings. The zero-order valence-corrected chi connectivity index (χ0v) is 11.2. The fraction of sp³-hybridized carbons (Fsp3) is 0.200. The maximum absolute atomic E-state index is 9.06. The number of halogens is 2. The summed E-state index contributed by atoms with van der Waals surface area (Å²) in [6, 6.07) is 6.16. The molecule has 14 heavy (non-hydrogen) atoms. The highest BCUT2D eigenvalue weighted by Crippen LogP contribution is 2.34. The smallest absolute Gasteiger partial charge is 0.0774 e. The first-order chi connectivity index (χ1) is 6.76. The van der Waals surface area contributed by atoms with Crippen molar-refractivity contribution in [2.45, 2.75) is 11.9 Å². The fourth-order valence-electron chi connectivity index (χ4n) is 1.39. The van der Waals surface area contributed by atoms with E-state index in [0.29, 0.717) is 0 Å². The summed E-state index contributed by atoms with van der Waals surface area (Å²) in [5.74, 6) is 0. The van der Waals surface area contributed by atoms with Gasteiger partial charge < -0.3 is 5.11 Å². The Hall–Kier alpha value is 0.1000. The van der Waals surface area contributed by atoms with E-state index in [1.54, 1.807) is 11.3 Å². The van der Waals surface area contributed by atoms with E-state index in [1.807, 2.05) is 12.1 Å². The van der Waals surface area contributed by atoms with E-state index in [9.17, 15) is 0 Å². The molecule has 0 aliphatic rings. The van der Waals surface area contributed by atoms with Gasteiger partial charge in [-0.2, -0.15) is 0 Å². The molecule has 1 heterocycles. The number of hydrogen-bond donors (Lipinski definition) is 1. The summed E-state index contributed by atoms with van der Waals surface area (Å²) in [6.07, 6.45) is 0. The van der Waals surface area contributed by atoms with Gasteiger partial charge in [0.15, 0.2) is 0 Å². The van der Waals surface area contributed by atoms with Crippen LogP contribution in [0.15, 0.2) is 22.7 Å². The van der Waals surface area contributed by atoms with Gasteiger partial charge in [-0.25, -0.2) is 0 Å². The van der Waals surface area contributed by atoms with Crippen molar-refractivity contribution in [1.82, 2.24) is 0 Å². The molecule has 2 rings (SSSR count). The third-order valence-electron chi connectivity index (χ3n) is 2.07. The zero-order chi connectivity index (χ0) is 10.1. The highest BCUT2D eigenvalue weighted by Gasteiger charge is 2.08. The van der Waals surface area contributed by atoms with Gasteiger partial charge >= 0.3 is 0 Å². The fourth-order valence-corrected chi connectivity index (χ4v) is 4.20. The topological polar surface area (TPSA) is 20.2 Å². The Morgan fingerprint density at radius 1 is 1.36 bits per heavy atom. The minimum absolute atomic E-state index is 0.124. The molecule has 0 unspecified atom stereocenters. The summed E-state index contributed by atoms with van der Waals surface area (Å²) in [4.78, 5) is 1.01.